The lowest BCUT2D eigenvalue weighted by Crippen LogP contribution is -2.08. The molecule has 2 aromatic rings. The maximum absolute atomic E-state index is 12.6. The maximum atomic E-state index is 12.6. The first-order valence-electron chi connectivity index (χ1n) is 6.87. The molecule has 6 heteroatoms. The van der Waals surface area contributed by atoms with Crippen molar-refractivity contribution in [2.45, 2.75) is 32.7 Å². The van der Waals surface area contributed by atoms with E-state index in [1.807, 2.05) is 38.1 Å². The van der Waals surface area contributed by atoms with Gasteiger partial charge in [-0.2, -0.15) is 13.2 Å². The van der Waals surface area contributed by atoms with Gasteiger partial charge in [0.15, 0.2) is 0 Å². The number of halogens is 3. The Labute approximate surface area is 127 Å². The summed E-state index contributed by atoms with van der Waals surface area (Å²) in [5.74, 6) is 0.952. The normalized spacial score (nSPS) is 11.5. The topological polar surface area (TPSA) is 34.1 Å². The summed E-state index contributed by atoms with van der Waals surface area (Å²) >= 11 is 0. The maximum Gasteiger partial charge on any atom is 0.416 e. The molecule has 0 bridgehead atoms. The predicted molar refractivity (Wildman–Crippen MR) is 78.8 cm³/mol. The molecule has 0 spiro atoms. The van der Waals surface area contributed by atoms with Crippen LogP contribution >= 0.6 is 0 Å². The Kier molecular flexibility index (Phi) is 4.90. The van der Waals surface area contributed by atoms with E-state index in [4.69, 9.17) is 4.74 Å². The lowest BCUT2D eigenvalue weighted by Gasteiger charge is -2.11. The summed E-state index contributed by atoms with van der Waals surface area (Å²) < 4.78 is 43.4. The SMILES string of the molecule is CC(C)Oc1ccc(CNc2cc(C(F)(F)F)ccn2)cc1. The van der Waals surface area contributed by atoms with Gasteiger partial charge in [0.2, 0.25) is 0 Å². The number of aromatic nitrogens is 1. The molecule has 0 saturated carbocycles. The lowest BCUT2D eigenvalue weighted by molar-refractivity contribution is -0.137. The van der Waals surface area contributed by atoms with Crippen LogP contribution in [0.3, 0.4) is 0 Å². The summed E-state index contributed by atoms with van der Waals surface area (Å²) in [5, 5.41) is 2.88. The molecule has 0 aliphatic rings. The van der Waals surface area contributed by atoms with Crippen molar-refractivity contribution in [3.63, 3.8) is 0 Å². The third-order valence-electron chi connectivity index (χ3n) is 2.86. The Morgan fingerprint density at radius 1 is 1.14 bits per heavy atom. The summed E-state index contributed by atoms with van der Waals surface area (Å²) in [4.78, 5) is 3.89. The molecule has 1 aromatic heterocycles. The molecule has 0 saturated heterocycles. The van der Waals surface area contributed by atoms with Crippen LogP contribution in [0.15, 0.2) is 42.6 Å². The predicted octanol–water partition coefficient (Wildman–Crippen LogP) is 4.50. The zero-order valence-corrected chi connectivity index (χ0v) is 12.3. The van der Waals surface area contributed by atoms with Crippen molar-refractivity contribution >= 4 is 5.82 Å². The van der Waals surface area contributed by atoms with Gasteiger partial charge in [-0.1, -0.05) is 12.1 Å². The molecule has 0 aliphatic carbocycles. The molecule has 2 rings (SSSR count). The number of ether oxygens (including phenoxy) is 1. The molecule has 118 valence electrons. The zero-order valence-electron chi connectivity index (χ0n) is 12.3. The van der Waals surface area contributed by atoms with Gasteiger partial charge in [0.1, 0.15) is 11.6 Å². The number of benzene rings is 1. The van der Waals surface area contributed by atoms with E-state index in [1.54, 1.807) is 0 Å². The molecule has 3 nitrogen and oxygen atoms in total. The number of rotatable bonds is 5. The summed E-state index contributed by atoms with van der Waals surface area (Å²) in [6, 6.07) is 9.32. The standard InChI is InChI=1S/C16H17F3N2O/c1-11(2)22-14-5-3-12(4-6-14)10-21-15-9-13(7-8-20-15)16(17,18)19/h3-9,11H,10H2,1-2H3,(H,20,21). The van der Waals surface area contributed by atoms with Crippen molar-refractivity contribution in [3.05, 3.63) is 53.7 Å². The van der Waals surface area contributed by atoms with E-state index in [0.29, 0.717) is 6.54 Å². The molecule has 0 aliphatic heterocycles. The van der Waals surface area contributed by atoms with Crippen molar-refractivity contribution < 1.29 is 17.9 Å². The van der Waals surface area contributed by atoms with Gasteiger partial charge in [0.25, 0.3) is 0 Å². The van der Waals surface area contributed by atoms with Gasteiger partial charge in [0.05, 0.1) is 11.7 Å². The summed E-state index contributed by atoms with van der Waals surface area (Å²) in [6.45, 7) is 4.26. The van der Waals surface area contributed by atoms with E-state index in [0.717, 1.165) is 29.6 Å². The van der Waals surface area contributed by atoms with Gasteiger partial charge in [-0.05, 0) is 43.7 Å². The van der Waals surface area contributed by atoms with Crippen LogP contribution in [-0.2, 0) is 12.7 Å². The Bertz CT molecular complexity index is 610. The van der Waals surface area contributed by atoms with Crippen LogP contribution in [-0.4, -0.2) is 11.1 Å². The highest BCUT2D eigenvalue weighted by molar-refractivity contribution is 5.40. The molecule has 1 heterocycles. The van der Waals surface area contributed by atoms with Crippen molar-refractivity contribution in [2.75, 3.05) is 5.32 Å². The Balaban J connectivity index is 1.98. The van der Waals surface area contributed by atoms with Crippen molar-refractivity contribution in [2.24, 2.45) is 0 Å². The van der Waals surface area contributed by atoms with Gasteiger partial charge in [-0.25, -0.2) is 4.98 Å². The highest BCUT2D eigenvalue weighted by Gasteiger charge is 2.30. The lowest BCUT2D eigenvalue weighted by atomic mass is 10.2. The number of anilines is 1. The number of hydrogen-bond donors (Lipinski definition) is 1. The fourth-order valence-electron chi connectivity index (χ4n) is 1.85. The van der Waals surface area contributed by atoms with Gasteiger partial charge in [-0.3, -0.25) is 0 Å². The third kappa shape index (κ3) is 4.65. The van der Waals surface area contributed by atoms with Crippen LogP contribution in [0, 0.1) is 0 Å². The largest absolute Gasteiger partial charge is 0.491 e. The molecular formula is C16H17F3N2O. The van der Waals surface area contributed by atoms with E-state index in [-0.39, 0.29) is 11.9 Å². The van der Waals surface area contributed by atoms with Gasteiger partial charge in [0, 0.05) is 12.7 Å². The highest BCUT2D eigenvalue weighted by atomic mass is 19.4. The van der Waals surface area contributed by atoms with Crippen molar-refractivity contribution in [1.29, 1.82) is 0 Å². The van der Waals surface area contributed by atoms with E-state index in [1.165, 1.54) is 0 Å². The van der Waals surface area contributed by atoms with Crippen LogP contribution in [0.2, 0.25) is 0 Å². The number of alkyl halides is 3. The molecule has 0 unspecified atom stereocenters. The molecule has 0 fully saturated rings. The monoisotopic (exact) mass is 310 g/mol. The average molecular weight is 310 g/mol. The number of nitrogens with zero attached hydrogens (tertiary/aromatic N) is 1. The quantitative estimate of drug-likeness (QED) is 0.883. The minimum absolute atomic E-state index is 0.0956. The third-order valence-corrected chi connectivity index (χ3v) is 2.86. The Hall–Kier alpha value is -2.24. The van der Waals surface area contributed by atoms with Crippen molar-refractivity contribution in [3.8, 4) is 5.75 Å². The summed E-state index contributed by atoms with van der Waals surface area (Å²) in [5.41, 5.74) is 0.209. The minimum atomic E-state index is -4.37. The van der Waals surface area contributed by atoms with E-state index >= 15 is 0 Å². The number of hydrogen-bond acceptors (Lipinski definition) is 3. The summed E-state index contributed by atoms with van der Waals surface area (Å²) in [7, 11) is 0. The number of nitrogens with one attached hydrogen (secondary N) is 1. The van der Waals surface area contributed by atoms with Crippen LogP contribution < -0.4 is 10.1 Å². The van der Waals surface area contributed by atoms with Gasteiger partial charge < -0.3 is 10.1 Å². The van der Waals surface area contributed by atoms with E-state index in [2.05, 4.69) is 10.3 Å². The smallest absolute Gasteiger partial charge is 0.416 e. The number of pyridine rings is 1. The second kappa shape index (κ2) is 6.68. The zero-order chi connectivity index (χ0) is 16.2. The summed E-state index contributed by atoms with van der Waals surface area (Å²) in [6.07, 6.45) is -3.13. The van der Waals surface area contributed by atoms with Gasteiger partial charge in [-0.15, -0.1) is 0 Å². The van der Waals surface area contributed by atoms with Crippen molar-refractivity contribution in [1.82, 2.24) is 4.98 Å². The molecule has 0 atom stereocenters. The first-order chi connectivity index (χ1) is 10.3. The molecule has 0 radical (unpaired) electrons. The van der Waals surface area contributed by atoms with E-state index < -0.39 is 11.7 Å². The fourth-order valence-corrected chi connectivity index (χ4v) is 1.85. The van der Waals surface area contributed by atoms with Crippen LogP contribution in [0.25, 0.3) is 0 Å². The van der Waals surface area contributed by atoms with Crippen LogP contribution in [0.5, 0.6) is 5.75 Å². The molecule has 0 amide bonds. The minimum Gasteiger partial charge on any atom is -0.491 e. The molecule has 1 aromatic carbocycles. The van der Waals surface area contributed by atoms with Gasteiger partial charge >= 0.3 is 6.18 Å². The fraction of sp³-hybridized carbons (Fsp3) is 0.312. The van der Waals surface area contributed by atoms with E-state index in [9.17, 15) is 13.2 Å². The molecule has 22 heavy (non-hydrogen) atoms. The Morgan fingerprint density at radius 3 is 2.41 bits per heavy atom. The second-order valence-corrected chi connectivity index (χ2v) is 5.09. The first kappa shape index (κ1) is 16.1. The second-order valence-electron chi connectivity index (χ2n) is 5.09. The van der Waals surface area contributed by atoms with Crippen LogP contribution in [0.4, 0.5) is 19.0 Å². The first-order valence-corrected chi connectivity index (χ1v) is 6.87. The highest BCUT2D eigenvalue weighted by Crippen LogP contribution is 2.30. The molecule has 1 N–H and O–H groups in total. The average Bonchev–Trinajstić information content (AvgIpc) is 2.45. The molecular weight excluding hydrogens is 293 g/mol. The van der Waals surface area contributed by atoms with Crippen LogP contribution in [0.1, 0.15) is 25.0 Å². The Morgan fingerprint density at radius 2 is 1.82 bits per heavy atom.